The third-order valence-electron chi connectivity index (χ3n) is 5.14. The second-order valence-electron chi connectivity index (χ2n) is 6.66. The summed E-state index contributed by atoms with van der Waals surface area (Å²) in [6, 6.07) is 14.0. The minimum Gasteiger partial charge on any atom is -0.508 e. The number of ether oxygens (including phenoxy) is 2. The summed E-state index contributed by atoms with van der Waals surface area (Å²) in [5.74, 6) is 2.06. The number of anilines is 1. The van der Waals surface area contributed by atoms with Crippen molar-refractivity contribution in [1.82, 2.24) is 0 Å². The molecule has 25 heavy (non-hydrogen) atoms. The van der Waals surface area contributed by atoms with Crippen LogP contribution in [0.2, 0.25) is 0 Å². The lowest BCUT2D eigenvalue weighted by molar-refractivity contribution is 0.146. The molecule has 130 valence electrons. The van der Waals surface area contributed by atoms with Crippen molar-refractivity contribution in [2.75, 3.05) is 25.6 Å². The number of phenolic OH excluding ortho intramolecular Hbond substituents is 1. The molecule has 1 aliphatic carbocycles. The Morgan fingerprint density at radius 1 is 1.12 bits per heavy atom. The summed E-state index contributed by atoms with van der Waals surface area (Å²) in [5.41, 5.74) is 3.66. The number of rotatable bonds is 5. The molecule has 1 heterocycles. The maximum absolute atomic E-state index is 9.56. The summed E-state index contributed by atoms with van der Waals surface area (Å²) in [6.45, 7) is 1.15. The fourth-order valence-corrected chi connectivity index (χ4v) is 3.92. The van der Waals surface area contributed by atoms with Gasteiger partial charge in [0.1, 0.15) is 18.1 Å². The fourth-order valence-electron chi connectivity index (χ4n) is 3.92. The smallest absolute Gasteiger partial charge is 0.119 e. The van der Waals surface area contributed by atoms with Gasteiger partial charge < -0.3 is 19.9 Å². The maximum atomic E-state index is 9.56. The normalized spacial score (nSPS) is 23.6. The van der Waals surface area contributed by atoms with Crippen LogP contribution in [0.25, 0.3) is 0 Å². The summed E-state index contributed by atoms with van der Waals surface area (Å²) < 4.78 is 10.8. The predicted molar refractivity (Wildman–Crippen MR) is 98.3 cm³/mol. The van der Waals surface area contributed by atoms with Gasteiger partial charge in [-0.15, -0.1) is 0 Å². The molecule has 0 amide bonds. The first-order valence-corrected chi connectivity index (χ1v) is 8.74. The van der Waals surface area contributed by atoms with Gasteiger partial charge in [0.05, 0.1) is 12.6 Å². The molecule has 2 aromatic carbocycles. The Balaban J connectivity index is 1.63. The maximum Gasteiger partial charge on any atom is 0.119 e. The van der Waals surface area contributed by atoms with E-state index in [0.29, 0.717) is 30.8 Å². The molecule has 2 N–H and O–H groups in total. The van der Waals surface area contributed by atoms with E-state index >= 15 is 0 Å². The van der Waals surface area contributed by atoms with Crippen LogP contribution in [-0.4, -0.2) is 25.4 Å². The average molecular weight is 337 g/mol. The molecule has 0 radical (unpaired) electrons. The molecule has 2 aliphatic rings. The van der Waals surface area contributed by atoms with Crippen LogP contribution in [0.1, 0.15) is 29.5 Å². The molecule has 4 nitrogen and oxygen atoms in total. The van der Waals surface area contributed by atoms with Crippen LogP contribution in [0.15, 0.2) is 54.6 Å². The largest absolute Gasteiger partial charge is 0.508 e. The zero-order valence-corrected chi connectivity index (χ0v) is 14.3. The number of allylic oxidation sites excluding steroid dienone is 2. The molecule has 3 unspecified atom stereocenters. The first-order chi connectivity index (χ1) is 12.3. The van der Waals surface area contributed by atoms with Crippen LogP contribution < -0.4 is 10.1 Å². The van der Waals surface area contributed by atoms with Crippen LogP contribution in [0.3, 0.4) is 0 Å². The molecule has 4 rings (SSSR count). The third-order valence-corrected chi connectivity index (χ3v) is 5.14. The number of hydrogen-bond acceptors (Lipinski definition) is 4. The molecule has 4 heteroatoms. The van der Waals surface area contributed by atoms with E-state index in [1.54, 1.807) is 19.2 Å². The summed E-state index contributed by atoms with van der Waals surface area (Å²) in [4.78, 5) is 0. The standard InChI is InChI=1S/C21H23NO3/c1-24-11-12-25-16-9-10-20-19(13-16)17-3-2-4-18(17)21(22-20)14-5-7-15(23)8-6-14/h2-3,5-10,13,17-18,21-23H,4,11-12H2,1H3. The van der Waals surface area contributed by atoms with E-state index in [2.05, 4.69) is 29.6 Å². The Hall–Kier alpha value is -2.46. The van der Waals surface area contributed by atoms with Gasteiger partial charge in [0, 0.05) is 18.7 Å². The SMILES string of the molecule is COCCOc1ccc2c(c1)C1C=CCC1C(c1ccc(O)cc1)N2. The minimum atomic E-state index is 0.244. The monoisotopic (exact) mass is 337 g/mol. The summed E-state index contributed by atoms with van der Waals surface area (Å²) in [6.07, 6.45) is 5.64. The Kier molecular flexibility index (Phi) is 4.36. The second-order valence-corrected chi connectivity index (χ2v) is 6.66. The first kappa shape index (κ1) is 16.0. The topological polar surface area (TPSA) is 50.7 Å². The van der Waals surface area contributed by atoms with E-state index in [-0.39, 0.29) is 6.04 Å². The van der Waals surface area contributed by atoms with Crippen molar-refractivity contribution in [3.63, 3.8) is 0 Å². The summed E-state index contributed by atoms with van der Waals surface area (Å²) >= 11 is 0. The highest BCUT2D eigenvalue weighted by molar-refractivity contribution is 5.61. The third kappa shape index (κ3) is 3.10. The number of nitrogens with one attached hydrogen (secondary N) is 1. The first-order valence-electron chi connectivity index (χ1n) is 8.74. The van der Waals surface area contributed by atoms with E-state index in [1.165, 1.54) is 11.1 Å². The number of benzene rings is 2. The highest BCUT2D eigenvalue weighted by atomic mass is 16.5. The zero-order chi connectivity index (χ0) is 17.2. The molecule has 3 atom stereocenters. The molecule has 0 saturated heterocycles. The van der Waals surface area contributed by atoms with Gasteiger partial charge in [0.15, 0.2) is 0 Å². The van der Waals surface area contributed by atoms with Crippen LogP contribution in [0.4, 0.5) is 5.69 Å². The van der Waals surface area contributed by atoms with Crippen molar-refractivity contribution in [3.8, 4) is 11.5 Å². The van der Waals surface area contributed by atoms with Crippen molar-refractivity contribution in [2.24, 2.45) is 5.92 Å². The van der Waals surface area contributed by atoms with Crippen LogP contribution >= 0.6 is 0 Å². The fraction of sp³-hybridized carbons (Fsp3) is 0.333. The molecule has 1 aliphatic heterocycles. The molecule has 2 aromatic rings. The predicted octanol–water partition coefficient (Wildman–Crippen LogP) is 4.24. The quantitative estimate of drug-likeness (QED) is 0.633. The van der Waals surface area contributed by atoms with Gasteiger partial charge in [-0.25, -0.2) is 0 Å². The van der Waals surface area contributed by atoms with Gasteiger partial charge in [-0.1, -0.05) is 24.3 Å². The molecular weight excluding hydrogens is 314 g/mol. The van der Waals surface area contributed by atoms with Crippen molar-refractivity contribution in [3.05, 3.63) is 65.7 Å². The van der Waals surface area contributed by atoms with Gasteiger partial charge in [0.25, 0.3) is 0 Å². The molecule has 0 spiro atoms. The van der Waals surface area contributed by atoms with E-state index in [4.69, 9.17) is 9.47 Å². The number of aromatic hydroxyl groups is 1. The van der Waals surface area contributed by atoms with Gasteiger partial charge in [-0.05, 0) is 53.8 Å². The lowest BCUT2D eigenvalue weighted by Crippen LogP contribution is -2.29. The van der Waals surface area contributed by atoms with Gasteiger partial charge in [-0.2, -0.15) is 0 Å². The molecule has 0 saturated carbocycles. The van der Waals surface area contributed by atoms with E-state index in [1.807, 2.05) is 18.2 Å². The van der Waals surface area contributed by atoms with E-state index in [9.17, 15) is 5.11 Å². The Bertz CT molecular complexity index is 769. The van der Waals surface area contributed by atoms with Crippen molar-refractivity contribution >= 4 is 5.69 Å². The summed E-state index contributed by atoms with van der Waals surface area (Å²) in [5, 5.41) is 13.3. The minimum absolute atomic E-state index is 0.244. The molecule has 0 aromatic heterocycles. The van der Waals surface area contributed by atoms with Gasteiger partial charge in [-0.3, -0.25) is 0 Å². The molecule has 0 bridgehead atoms. The lowest BCUT2D eigenvalue weighted by Gasteiger charge is -2.37. The van der Waals surface area contributed by atoms with Gasteiger partial charge >= 0.3 is 0 Å². The van der Waals surface area contributed by atoms with Crippen molar-refractivity contribution < 1.29 is 14.6 Å². The van der Waals surface area contributed by atoms with Crippen molar-refractivity contribution in [1.29, 1.82) is 0 Å². The van der Waals surface area contributed by atoms with E-state index < -0.39 is 0 Å². The van der Waals surface area contributed by atoms with Gasteiger partial charge in [0.2, 0.25) is 0 Å². The number of fused-ring (bicyclic) bond motifs is 3. The Morgan fingerprint density at radius 3 is 2.76 bits per heavy atom. The highest BCUT2D eigenvalue weighted by Crippen LogP contribution is 2.50. The van der Waals surface area contributed by atoms with E-state index in [0.717, 1.165) is 17.9 Å². The molecule has 0 fully saturated rings. The number of phenols is 1. The summed E-state index contributed by atoms with van der Waals surface area (Å²) in [7, 11) is 1.68. The zero-order valence-electron chi connectivity index (χ0n) is 14.3. The Labute approximate surface area is 148 Å². The average Bonchev–Trinajstić information content (AvgIpc) is 3.12. The lowest BCUT2D eigenvalue weighted by atomic mass is 9.77. The van der Waals surface area contributed by atoms with Crippen LogP contribution in [0, 0.1) is 5.92 Å². The molecular formula is C21H23NO3. The van der Waals surface area contributed by atoms with Crippen LogP contribution in [0.5, 0.6) is 11.5 Å². The number of methoxy groups -OCH3 is 1. The van der Waals surface area contributed by atoms with Crippen LogP contribution in [-0.2, 0) is 4.74 Å². The highest BCUT2D eigenvalue weighted by Gasteiger charge is 2.37. The second kappa shape index (κ2) is 6.81. The Morgan fingerprint density at radius 2 is 1.96 bits per heavy atom. The van der Waals surface area contributed by atoms with Crippen molar-refractivity contribution in [2.45, 2.75) is 18.4 Å². The number of hydrogen-bond donors (Lipinski definition) is 2.